The molecular formula is C18H26F2N2O2. The number of nitrogens with zero attached hydrogens (tertiary/aromatic N) is 1. The van der Waals surface area contributed by atoms with Crippen molar-refractivity contribution in [2.24, 2.45) is 0 Å². The minimum atomic E-state index is -2.81. The number of urea groups is 1. The van der Waals surface area contributed by atoms with Crippen LogP contribution in [0.3, 0.4) is 0 Å². The molecule has 2 rings (SSSR count). The summed E-state index contributed by atoms with van der Waals surface area (Å²) in [5.74, 6) is 0.146. The molecule has 1 aliphatic carbocycles. The molecule has 1 fully saturated rings. The average Bonchev–Trinajstić information content (AvgIpc) is 2.58. The molecular weight excluding hydrogens is 314 g/mol. The number of hydrogen-bond donors (Lipinski definition) is 1. The highest BCUT2D eigenvalue weighted by Crippen LogP contribution is 2.22. The fraction of sp³-hybridized carbons (Fsp3) is 0.611. The van der Waals surface area contributed by atoms with Crippen LogP contribution in [0, 0.1) is 0 Å². The highest BCUT2D eigenvalue weighted by atomic mass is 19.3. The molecule has 0 radical (unpaired) electrons. The van der Waals surface area contributed by atoms with Crippen molar-refractivity contribution in [3.8, 4) is 5.75 Å². The van der Waals surface area contributed by atoms with Crippen LogP contribution in [0.2, 0.25) is 0 Å². The van der Waals surface area contributed by atoms with Crippen molar-refractivity contribution in [2.75, 3.05) is 13.1 Å². The van der Waals surface area contributed by atoms with E-state index in [-0.39, 0.29) is 11.8 Å². The minimum absolute atomic E-state index is 0.0120. The fourth-order valence-corrected chi connectivity index (χ4v) is 3.21. The first kappa shape index (κ1) is 18.5. The van der Waals surface area contributed by atoms with Crippen molar-refractivity contribution >= 4 is 6.03 Å². The lowest BCUT2D eigenvalue weighted by molar-refractivity contribution is -0.0498. The standard InChI is InChI=1S/C18H26F2N2O2/c1-2-22(15-6-4-3-5-7-15)18(23)21-13-12-14-8-10-16(11-9-14)24-17(19)20/h8-11,15,17H,2-7,12-13H2,1H3,(H,21,23). The largest absolute Gasteiger partial charge is 0.435 e. The molecule has 1 aromatic rings. The summed E-state index contributed by atoms with van der Waals surface area (Å²) in [4.78, 5) is 14.3. The van der Waals surface area contributed by atoms with E-state index in [9.17, 15) is 13.6 Å². The third-order valence-corrected chi connectivity index (χ3v) is 4.46. The Balaban J connectivity index is 1.76. The Morgan fingerprint density at radius 1 is 1.25 bits per heavy atom. The maximum absolute atomic E-state index is 12.4. The molecule has 1 aromatic carbocycles. The number of benzene rings is 1. The first-order valence-electron chi connectivity index (χ1n) is 8.68. The molecule has 1 aliphatic rings. The second-order valence-electron chi connectivity index (χ2n) is 6.08. The van der Waals surface area contributed by atoms with Crippen molar-refractivity contribution in [1.82, 2.24) is 10.2 Å². The van der Waals surface area contributed by atoms with Crippen LogP contribution in [0.15, 0.2) is 24.3 Å². The Morgan fingerprint density at radius 3 is 2.50 bits per heavy atom. The number of alkyl halides is 2. The molecule has 0 heterocycles. The summed E-state index contributed by atoms with van der Waals surface area (Å²) in [6, 6.07) is 6.86. The summed E-state index contributed by atoms with van der Waals surface area (Å²) >= 11 is 0. The van der Waals surface area contributed by atoms with Crippen molar-refractivity contribution in [3.63, 3.8) is 0 Å². The van der Waals surface area contributed by atoms with Crippen LogP contribution in [-0.4, -0.2) is 36.7 Å². The fourth-order valence-electron chi connectivity index (χ4n) is 3.21. The van der Waals surface area contributed by atoms with Gasteiger partial charge in [0.05, 0.1) is 0 Å². The molecule has 0 saturated heterocycles. The normalized spacial score (nSPS) is 15.3. The topological polar surface area (TPSA) is 41.6 Å². The zero-order valence-electron chi connectivity index (χ0n) is 14.1. The van der Waals surface area contributed by atoms with Gasteiger partial charge in [-0.2, -0.15) is 8.78 Å². The molecule has 0 spiro atoms. The van der Waals surface area contributed by atoms with Crippen LogP contribution in [0.5, 0.6) is 5.75 Å². The number of amides is 2. The second kappa shape index (κ2) is 9.45. The molecule has 1 saturated carbocycles. The molecule has 2 amide bonds. The molecule has 0 aromatic heterocycles. The molecule has 0 atom stereocenters. The molecule has 24 heavy (non-hydrogen) atoms. The molecule has 0 aliphatic heterocycles. The van der Waals surface area contributed by atoms with Crippen LogP contribution in [0.4, 0.5) is 13.6 Å². The van der Waals surface area contributed by atoms with Crippen LogP contribution in [0.1, 0.15) is 44.6 Å². The lowest BCUT2D eigenvalue weighted by Crippen LogP contribution is -2.47. The van der Waals surface area contributed by atoms with Gasteiger partial charge in [-0.3, -0.25) is 0 Å². The van der Waals surface area contributed by atoms with Crippen molar-refractivity contribution < 1.29 is 18.3 Å². The number of rotatable bonds is 7. The lowest BCUT2D eigenvalue weighted by atomic mass is 9.94. The third kappa shape index (κ3) is 5.65. The van der Waals surface area contributed by atoms with E-state index in [4.69, 9.17) is 0 Å². The number of hydrogen-bond acceptors (Lipinski definition) is 2. The molecule has 0 unspecified atom stereocenters. The number of carbonyl (C=O) groups is 1. The number of carbonyl (C=O) groups excluding carboxylic acids is 1. The van der Waals surface area contributed by atoms with Gasteiger partial charge in [-0.05, 0) is 43.9 Å². The van der Waals surface area contributed by atoms with Gasteiger partial charge in [0.1, 0.15) is 5.75 Å². The summed E-state index contributed by atoms with van der Waals surface area (Å²) in [7, 11) is 0. The van der Waals surface area contributed by atoms with Gasteiger partial charge in [-0.15, -0.1) is 0 Å². The number of nitrogens with one attached hydrogen (secondary N) is 1. The van der Waals surface area contributed by atoms with Gasteiger partial charge in [0.2, 0.25) is 0 Å². The molecule has 4 nitrogen and oxygen atoms in total. The lowest BCUT2D eigenvalue weighted by Gasteiger charge is -2.33. The summed E-state index contributed by atoms with van der Waals surface area (Å²) in [6.45, 7) is 0.443. The van der Waals surface area contributed by atoms with E-state index in [1.807, 2.05) is 11.8 Å². The highest BCUT2D eigenvalue weighted by Gasteiger charge is 2.23. The van der Waals surface area contributed by atoms with Crippen LogP contribution in [0.25, 0.3) is 0 Å². The Morgan fingerprint density at radius 2 is 1.92 bits per heavy atom. The highest BCUT2D eigenvalue weighted by molar-refractivity contribution is 5.74. The Labute approximate surface area is 142 Å². The van der Waals surface area contributed by atoms with E-state index in [2.05, 4.69) is 10.1 Å². The van der Waals surface area contributed by atoms with E-state index >= 15 is 0 Å². The Hall–Kier alpha value is -1.85. The Bertz CT molecular complexity index is 502. The molecule has 0 bridgehead atoms. The number of ether oxygens (including phenoxy) is 1. The maximum Gasteiger partial charge on any atom is 0.387 e. The van der Waals surface area contributed by atoms with E-state index < -0.39 is 6.61 Å². The quantitative estimate of drug-likeness (QED) is 0.808. The average molecular weight is 340 g/mol. The van der Waals surface area contributed by atoms with Crippen LogP contribution < -0.4 is 10.1 Å². The third-order valence-electron chi connectivity index (χ3n) is 4.46. The maximum atomic E-state index is 12.4. The van der Waals surface area contributed by atoms with E-state index in [0.717, 1.165) is 24.9 Å². The van der Waals surface area contributed by atoms with Crippen LogP contribution in [-0.2, 0) is 6.42 Å². The smallest absolute Gasteiger partial charge is 0.387 e. The first-order valence-corrected chi connectivity index (χ1v) is 8.68. The molecule has 134 valence electrons. The summed E-state index contributed by atoms with van der Waals surface area (Å²) < 4.78 is 28.5. The van der Waals surface area contributed by atoms with Gasteiger partial charge in [0.15, 0.2) is 0 Å². The summed E-state index contributed by atoms with van der Waals surface area (Å²) in [6.07, 6.45) is 6.49. The van der Waals surface area contributed by atoms with Crippen molar-refractivity contribution in [3.05, 3.63) is 29.8 Å². The first-order chi connectivity index (χ1) is 11.6. The minimum Gasteiger partial charge on any atom is -0.435 e. The predicted octanol–water partition coefficient (Wildman–Crippen LogP) is 4.19. The summed E-state index contributed by atoms with van der Waals surface area (Å²) in [5.41, 5.74) is 0.970. The van der Waals surface area contributed by atoms with Gasteiger partial charge in [-0.25, -0.2) is 4.79 Å². The van der Waals surface area contributed by atoms with Crippen molar-refractivity contribution in [2.45, 2.75) is 58.1 Å². The van der Waals surface area contributed by atoms with Gasteiger partial charge in [-0.1, -0.05) is 31.4 Å². The SMILES string of the molecule is CCN(C(=O)NCCc1ccc(OC(F)F)cc1)C1CCCCC1. The van der Waals surface area contributed by atoms with Crippen molar-refractivity contribution in [1.29, 1.82) is 0 Å². The van der Waals surface area contributed by atoms with Gasteiger partial charge >= 0.3 is 12.6 Å². The van der Waals surface area contributed by atoms with E-state index in [1.54, 1.807) is 12.1 Å². The molecule has 1 N–H and O–H groups in total. The Kier molecular flexibility index (Phi) is 7.28. The monoisotopic (exact) mass is 340 g/mol. The summed E-state index contributed by atoms with van der Waals surface area (Å²) in [5, 5.41) is 2.96. The number of halogens is 2. The van der Waals surface area contributed by atoms with Gasteiger partial charge in [0.25, 0.3) is 0 Å². The van der Waals surface area contributed by atoms with E-state index in [1.165, 1.54) is 31.4 Å². The van der Waals surface area contributed by atoms with Crippen LogP contribution >= 0.6 is 0 Å². The van der Waals surface area contributed by atoms with Gasteiger partial charge < -0.3 is 15.0 Å². The zero-order valence-corrected chi connectivity index (χ0v) is 14.1. The zero-order chi connectivity index (χ0) is 17.4. The second-order valence-corrected chi connectivity index (χ2v) is 6.08. The van der Waals surface area contributed by atoms with Gasteiger partial charge in [0, 0.05) is 19.1 Å². The molecule has 6 heteroatoms. The van der Waals surface area contributed by atoms with E-state index in [0.29, 0.717) is 19.0 Å². The predicted molar refractivity (Wildman–Crippen MR) is 89.4 cm³/mol.